The largest absolute Gasteiger partial charge is 0.362 e. The topological polar surface area (TPSA) is 58.9 Å². The highest BCUT2D eigenvalue weighted by Gasteiger charge is 2.41. The molecular weight excluding hydrogens is 416 g/mol. The Balaban J connectivity index is 1.20. The fourth-order valence-corrected chi connectivity index (χ4v) is 6.80. The van der Waals surface area contributed by atoms with Crippen LogP contribution >= 0.6 is 11.5 Å². The molecule has 1 saturated carbocycles. The van der Waals surface area contributed by atoms with Crippen LogP contribution in [0.5, 0.6) is 0 Å². The van der Waals surface area contributed by atoms with Gasteiger partial charge in [-0.2, -0.15) is 9.36 Å². The molecule has 0 radical (unpaired) electrons. The van der Waals surface area contributed by atoms with Gasteiger partial charge in [-0.15, -0.1) is 5.10 Å². The minimum atomic E-state index is 0.350. The molecule has 0 amide bonds. The van der Waals surface area contributed by atoms with E-state index in [0.717, 1.165) is 55.9 Å². The second-order valence-corrected chi connectivity index (χ2v) is 10.7. The van der Waals surface area contributed by atoms with Crippen molar-refractivity contribution in [2.24, 2.45) is 11.8 Å². The van der Waals surface area contributed by atoms with Crippen molar-refractivity contribution in [1.82, 2.24) is 19.1 Å². The number of aromatic nitrogens is 4. The number of hydrogen-bond acceptors (Lipinski definition) is 6. The highest BCUT2D eigenvalue weighted by Crippen LogP contribution is 2.41. The Labute approximate surface area is 194 Å². The van der Waals surface area contributed by atoms with Gasteiger partial charge in [-0.3, -0.25) is 0 Å². The van der Waals surface area contributed by atoms with Crippen molar-refractivity contribution in [2.45, 2.75) is 64.5 Å². The third-order valence-corrected chi connectivity index (χ3v) is 8.64. The Kier molecular flexibility index (Phi) is 5.17. The van der Waals surface area contributed by atoms with Gasteiger partial charge in [0.15, 0.2) is 0 Å². The van der Waals surface area contributed by atoms with Gasteiger partial charge < -0.3 is 10.2 Å². The van der Waals surface area contributed by atoms with Crippen LogP contribution in [0.15, 0.2) is 30.3 Å². The molecule has 2 aliphatic heterocycles. The van der Waals surface area contributed by atoms with E-state index in [0.29, 0.717) is 17.9 Å². The van der Waals surface area contributed by atoms with Crippen LogP contribution in [0.1, 0.15) is 60.7 Å². The van der Waals surface area contributed by atoms with Crippen LogP contribution < -0.4 is 10.2 Å². The van der Waals surface area contributed by atoms with Crippen LogP contribution in [0.4, 0.5) is 10.9 Å². The lowest BCUT2D eigenvalue weighted by molar-refractivity contribution is 0.273. The molecular formula is C25H32N6S. The number of fused-ring (bicyclic) bond motifs is 2. The number of aryl methyl sites for hydroxylation is 3. The Bertz CT molecular complexity index is 1090. The zero-order valence-corrected chi connectivity index (χ0v) is 19.8. The maximum atomic E-state index is 5.04. The molecule has 3 aliphatic rings. The summed E-state index contributed by atoms with van der Waals surface area (Å²) in [4.78, 5) is 7.59. The third kappa shape index (κ3) is 3.70. The molecule has 0 spiro atoms. The van der Waals surface area contributed by atoms with E-state index in [1.165, 1.54) is 35.4 Å². The molecule has 3 aromatic rings. The van der Waals surface area contributed by atoms with Gasteiger partial charge in [-0.05, 0) is 68.6 Å². The first kappa shape index (κ1) is 20.2. The predicted octanol–water partition coefficient (Wildman–Crippen LogP) is 4.99. The monoisotopic (exact) mass is 448 g/mol. The second kappa shape index (κ2) is 8.18. The molecule has 2 fully saturated rings. The van der Waals surface area contributed by atoms with E-state index in [2.05, 4.69) is 63.5 Å². The first-order valence-corrected chi connectivity index (χ1v) is 12.9. The number of nitrogens with one attached hydrogen (secondary N) is 1. The molecule has 1 aromatic carbocycles. The SMILES string of the molecule is Cc1ccc(C2CCCn3nc(N[C@@H]4CCCC5CN(c6cc(C)ns6)C[C@H]54)nc32)cc1. The van der Waals surface area contributed by atoms with Gasteiger partial charge in [0.05, 0.1) is 5.69 Å². The zero-order valence-electron chi connectivity index (χ0n) is 19.0. The van der Waals surface area contributed by atoms with Crippen molar-refractivity contribution in [1.29, 1.82) is 0 Å². The highest BCUT2D eigenvalue weighted by atomic mass is 32.1. The molecule has 6 nitrogen and oxygen atoms in total. The summed E-state index contributed by atoms with van der Waals surface area (Å²) >= 11 is 1.64. The summed E-state index contributed by atoms with van der Waals surface area (Å²) in [6.45, 7) is 7.48. The van der Waals surface area contributed by atoms with Crippen molar-refractivity contribution in [3.05, 3.63) is 53.0 Å². The second-order valence-electron chi connectivity index (χ2n) is 9.94. The molecule has 0 bridgehead atoms. The number of rotatable bonds is 4. The van der Waals surface area contributed by atoms with Crippen LogP contribution in [-0.4, -0.2) is 38.3 Å². The van der Waals surface area contributed by atoms with Crippen molar-refractivity contribution < 1.29 is 0 Å². The normalized spacial score (nSPS) is 27.2. The van der Waals surface area contributed by atoms with Gasteiger partial charge in [-0.1, -0.05) is 36.2 Å². The van der Waals surface area contributed by atoms with Crippen molar-refractivity contribution in [2.75, 3.05) is 23.3 Å². The Morgan fingerprint density at radius 1 is 1.03 bits per heavy atom. The summed E-state index contributed by atoms with van der Waals surface area (Å²) in [6.07, 6.45) is 6.14. The number of nitrogens with zero attached hydrogens (tertiary/aromatic N) is 5. The minimum absolute atomic E-state index is 0.350. The number of anilines is 2. The molecule has 2 unspecified atom stereocenters. The Hall–Kier alpha value is -2.41. The number of hydrogen-bond donors (Lipinski definition) is 1. The first-order chi connectivity index (χ1) is 15.6. The lowest BCUT2D eigenvalue weighted by Crippen LogP contribution is -2.37. The average molecular weight is 449 g/mol. The van der Waals surface area contributed by atoms with E-state index >= 15 is 0 Å². The smallest absolute Gasteiger partial charge is 0.242 e. The van der Waals surface area contributed by atoms with E-state index in [-0.39, 0.29) is 0 Å². The van der Waals surface area contributed by atoms with E-state index in [4.69, 9.17) is 10.1 Å². The van der Waals surface area contributed by atoms with E-state index in [1.807, 2.05) is 0 Å². The Morgan fingerprint density at radius 2 is 1.91 bits per heavy atom. The molecule has 32 heavy (non-hydrogen) atoms. The molecule has 7 heteroatoms. The summed E-state index contributed by atoms with van der Waals surface area (Å²) in [5.74, 6) is 3.71. The van der Waals surface area contributed by atoms with Crippen molar-refractivity contribution >= 4 is 22.5 Å². The van der Waals surface area contributed by atoms with Crippen LogP contribution in [-0.2, 0) is 6.54 Å². The van der Waals surface area contributed by atoms with Crippen molar-refractivity contribution in [3.8, 4) is 0 Å². The summed E-state index contributed by atoms with van der Waals surface area (Å²) in [7, 11) is 0. The highest BCUT2D eigenvalue weighted by molar-refractivity contribution is 7.10. The zero-order chi connectivity index (χ0) is 21.7. The van der Waals surface area contributed by atoms with Gasteiger partial charge in [0.2, 0.25) is 5.95 Å². The maximum absolute atomic E-state index is 5.04. The molecule has 168 valence electrons. The first-order valence-electron chi connectivity index (χ1n) is 12.1. The molecule has 1 saturated heterocycles. The fourth-order valence-electron chi connectivity index (χ4n) is 6.02. The molecule has 4 atom stereocenters. The summed E-state index contributed by atoms with van der Waals surface area (Å²) < 4.78 is 6.65. The quantitative estimate of drug-likeness (QED) is 0.609. The van der Waals surface area contributed by atoms with Gasteiger partial charge in [0, 0.05) is 37.5 Å². The maximum Gasteiger partial charge on any atom is 0.242 e. The van der Waals surface area contributed by atoms with Gasteiger partial charge in [-0.25, -0.2) is 4.68 Å². The van der Waals surface area contributed by atoms with E-state index in [9.17, 15) is 0 Å². The average Bonchev–Trinajstić information content (AvgIpc) is 3.51. The van der Waals surface area contributed by atoms with Crippen LogP contribution in [0.3, 0.4) is 0 Å². The molecule has 4 heterocycles. The summed E-state index contributed by atoms with van der Waals surface area (Å²) in [5.41, 5.74) is 3.80. The molecule has 6 rings (SSSR count). The standard InChI is InChI=1S/C25H32N6S/c1-16-8-10-18(11-9-16)20-6-4-12-31-24(20)27-25(28-31)26-22-7-3-5-19-14-30(15-21(19)22)23-13-17(2)29-32-23/h8-11,13,19-22H,3-7,12,14-15H2,1-2H3,(H,26,28)/t19?,20?,21-,22-/m1/s1. The van der Waals surface area contributed by atoms with Crippen molar-refractivity contribution in [3.63, 3.8) is 0 Å². The molecule has 1 aliphatic carbocycles. The molecule has 2 aromatic heterocycles. The van der Waals surface area contributed by atoms with Gasteiger partial charge in [0.1, 0.15) is 10.8 Å². The summed E-state index contributed by atoms with van der Waals surface area (Å²) in [5, 5.41) is 10.0. The lowest BCUT2D eigenvalue weighted by Gasteiger charge is -2.33. The van der Waals surface area contributed by atoms with Crippen LogP contribution in [0, 0.1) is 25.7 Å². The van der Waals surface area contributed by atoms with Gasteiger partial charge >= 0.3 is 0 Å². The summed E-state index contributed by atoms with van der Waals surface area (Å²) in [6, 6.07) is 11.6. The van der Waals surface area contributed by atoms with Crippen LogP contribution in [0.25, 0.3) is 0 Å². The van der Waals surface area contributed by atoms with Crippen LogP contribution in [0.2, 0.25) is 0 Å². The number of benzene rings is 1. The fraction of sp³-hybridized carbons (Fsp3) is 0.560. The Morgan fingerprint density at radius 3 is 2.72 bits per heavy atom. The van der Waals surface area contributed by atoms with E-state index < -0.39 is 0 Å². The van der Waals surface area contributed by atoms with Gasteiger partial charge in [0.25, 0.3) is 0 Å². The van der Waals surface area contributed by atoms with E-state index in [1.54, 1.807) is 11.5 Å². The third-order valence-electron chi connectivity index (χ3n) is 7.69. The molecule has 1 N–H and O–H groups in total. The lowest BCUT2D eigenvalue weighted by atomic mass is 9.78. The predicted molar refractivity (Wildman–Crippen MR) is 130 cm³/mol. The minimum Gasteiger partial charge on any atom is -0.362 e.